The van der Waals surface area contributed by atoms with Crippen molar-refractivity contribution in [2.45, 2.75) is 32.6 Å². The first-order valence-electron chi connectivity index (χ1n) is 4.41. The summed E-state index contributed by atoms with van der Waals surface area (Å²) >= 11 is 0. The number of hydrogen-bond donors (Lipinski definition) is 1. The van der Waals surface area contributed by atoms with Crippen LogP contribution in [0, 0.1) is 0 Å². The summed E-state index contributed by atoms with van der Waals surface area (Å²) in [4.78, 5) is 14.8. The normalized spacial score (nSPS) is 9.50. The smallest absolute Gasteiger partial charge is 0.352 e. The van der Waals surface area contributed by atoms with Gasteiger partial charge in [-0.25, -0.2) is 4.79 Å². The molecule has 0 bridgehead atoms. The summed E-state index contributed by atoms with van der Waals surface area (Å²) in [6.07, 6.45) is 3.04. The van der Waals surface area contributed by atoms with Gasteiger partial charge in [-0.05, 0) is 6.42 Å². The Balaban J connectivity index is 3.37. The van der Waals surface area contributed by atoms with Gasteiger partial charge in [0.15, 0.2) is 0 Å². The molecule has 0 aromatic carbocycles. The van der Waals surface area contributed by atoms with Gasteiger partial charge in [0.1, 0.15) is 0 Å². The van der Waals surface area contributed by atoms with Gasteiger partial charge in [-0.3, -0.25) is 0 Å². The van der Waals surface area contributed by atoms with Crippen LogP contribution >= 0.6 is 0 Å². The fraction of sp³-hybridized carbons (Fsp3) is 0.857. The molecular formula is C7H14N2O4S. The summed E-state index contributed by atoms with van der Waals surface area (Å²) in [5.74, 6) is 0. The predicted molar refractivity (Wildman–Crippen MR) is 50.0 cm³/mol. The lowest BCUT2D eigenvalue weighted by molar-refractivity contribution is 0.0986. The van der Waals surface area contributed by atoms with E-state index < -0.39 is 16.6 Å². The largest absolute Gasteiger partial charge is 0.467 e. The summed E-state index contributed by atoms with van der Waals surface area (Å²) in [6, 6.07) is 0. The Morgan fingerprint density at radius 1 is 1.36 bits per heavy atom. The number of nitrogens with zero attached hydrogens (tertiary/aromatic N) is 1. The van der Waals surface area contributed by atoms with Crippen molar-refractivity contribution >= 4 is 16.6 Å². The van der Waals surface area contributed by atoms with Gasteiger partial charge in [0.2, 0.25) is 0 Å². The van der Waals surface area contributed by atoms with Crippen LogP contribution in [0.4, 0.5) is 4.79 Å². The molecule has 0 aromatic rings. The third kappa shape index (κ3) is 9.14. The third-order valence-electron chi connectivity index (χ3n) is 1.44. The summed E-state index contributed by atoms with van der Waals surface area (Å²) in [6.45, 7) is 2.60. The van der Waals surface area contributed by atoms with Crippen molar-refractivity contribution in [1.29, 1.82) is 0 Å². The summed E-state index contributed by atoms with van der Waals surface area (Å²) < 4.78 is 22.4. The zero-order valence-corrected chi connectivity index (χ0v) is 8.84. The zero-order chi connectivity index (χ0) is 10.8. The van der Waals surface area contributed by atoms with E-state index in [2.05, 4.69) is 21.6 Å². The number of carbonyl (C=O) groups is 1. The fourth-order valence-electron chi connectivity index (χ4n) is 0.816. The SMILES string of the molecule is CCCCCCNOC(=O)N=S(=O)=O. The Bertz CT molecular complexity index is 278. The molecule has 0 unspecified atom stereocenters. The molecule has 0 saturated carbocycles. The van der Waals surface area contributed by atoms with Crippen LogP contribution in [-0.4, -0.2) is 21.1 Å². The maximum absolute atomic E-state index is 10.5. The lowest BCUT2D eigenvalue weighted by Gasteiger charge is -2.01. The van der Waals surface area contributed by atoms with E-state index in [-0.39, 0.29) is 0 Å². The molecule has 6 nitrogen and oxygen atoms in total. The van der Waals surface area contributed by atoms with Crippen LogP contribution in [0.25, 0.3) is 0 Å². The van der Waals surface area contributed by atoms with E-state index in [0.717, 1.165) is 25.7 Å². The lowest BCUT2D eigenvalue weighted by atomic mass is 10.2. The molecule has 14 heavy (non-hydrogen) atoms. The number of carbonyl (C=O) groups excluding carboxylic acids is 1. The Labute approximate surface area is 84.3 Å². The van der Waals surface area contributed by atoms with Crippen molar-refractivity contribution in [2.24, 2.45) is 4.36 Å². The molecule has 0 aliphatic heterocycles. The Morgan fingerprint density at radius 3 is 2.64 bits per heavy atom. The maximum atomic E-state index is 10.5. The highest BCUT2D eigenvalue weighted by Gasteiger charge is 1.98. The van der Waals surface area contributed by atoms with Crippen LogP contribution < -0.4 is 5.48 Å². The van der Waals surface area contributed by atoms with Crippen LogP contribution in [0.2, 0.25) is 0 Å². The molecule has 0 atom stereocenters. The van der Waals surface area contributed by atoms with Crippen molar-refractivity contribution in [3.63, 3.8) is 0 Å². The number of hydroxylamine groups is 1. The van der Waals surface area contributed by atoms with E-state index in [0.29, 0.717) is 6.54 Å². The minimum Gasteiger partial charge on any atom is -0.352 e. The van der Waals surface area contributed by atoms with E-state index >= 15 is 0 Å². The average Bonchev–Trinajstić information content (AvgIpc) is 2.10. The highest BCUT2D eigenvalue weighted by Crippen LogP contribution is 1.96. The van der Waals surface area contributed by atoms with Crippen molar-refractivity contribution in [2.75, 3.05) is 6.54 Å². The van der Waals surface area contributed by atoms with Gasteiger partial charge in [0.05, 0.1) is 0 Å². The molecule has 0 radical (unpaired) electrons. The fourth-order valence-corrected chi connectivity index (χ4v) is 0.975. The van der Waals surface area contributed by atoms with Gasteiger partial charge >= 0.3 is 16.6 Å². The Hall–Kier alpha value is -0.950. The van der Waals surface area contributed by atoms with E-state index in [1.165, 1.54) is 0 Å². The molecule has 1 amide bonds. The van der Waals surface area contributed by atoms with Crippen LogP contribution in [0.3, 0.4) is 0 Å². The zero-order valence-electron chi connectivity index (χ0n) is 8.02. The first-order chi connectivity index (χ1) is 6.66. The lowest BCUT2D eigenvalue weighted by Crippen LogP contribution is -2.18. The molecule has 0 saturated heterocycles. The van der Waals surface area contributed by atoms with Crippen LogP contribution in [0.1, 0.15) is 32.6 Å². The van der Waals surface area contributed by atoms with Gasteiger partial charge in [-0.15, -0.1) is 0 Å². The minimum atomic E-state index is -2.75. The molecule has 0 heterocycles. The monoisotopic (exact) mass is 222 g/mol. The van der Waals surface area contributed by atoms with E-state index in [4.69, 9.17) is 0 Å². The highest BCUT2D eigenvalue weighted by molar-refractivity contribution is 7.62. The number of hydrogen-bond acceptors (Lipinski definition) is 5. The first kappa shape index (κ1) is 13.1. The molecule has 0 fully saturated rings. The van der Waals surface area contributed by atoms with Gasteiger partial charge < -0.3 is 4.84 Å². The topological polar surface area (TPSA) is 84.8 Å². The molecular weight excluding hydrogens is 208 g/mol. The van der Waals surface area contributed by atoms with Gasteiger partial charge in [-0.1, -0.05) is 30.5 Å². The molecule has 0 aromatic heterocycles. The molecule has 7 heteroatoms. The molecule has 0 spiro atoms. The summed E-state index contributed by atoms with van der Waals surface area (Å²) in [5.41, 5.74) is 2.33. The standard InChI is InChI=1S/C7H14N2O4S/c1-2-3-4-5-6-8-13-7(10)9-14(11)12/h8H,2-6H2,1H3. The van der Waals surface area contributed by atoms with Crippen molar-refractivity contribution in [3.05, 3.63) is 0 Å². The third-order valence-corrected chi connectivity index (χ3v) is 1.74. The molecule has 0 rings (SSSR count). The second-order valence-electron chi connectivity index (χ2n) is 2.63. The molecule has 0 aliphatic carbocycles. The summed E-state index contributed by atoms with van der Waals surface area (Å²) in [5, 5.41) is 0. The second-order valence-corrected chi connectivity index (χ2v) is 3.25. The van der Waals surface area contributed by atoms with Gasteiger partial charge in [-0.2, -0.15) is 13.9 Å². The summed E-state index contributed by atoms with van der Waals surface area (Å²) in [7, 11) is -2.75. The minimum absolute atomic E-state index is 0.507. The number of nitrogens with one attached hydrogen (secondary N) is 1. The Morgan fingerprint density at radius 2 is 2.07 bits per heavy atom. The van der Waals surface area contributed by atoms with Crippen LogP contribution in [0.15, 0.2) is 4.36 Å². The van der Waals surface area contributed by atoms with Crippen LogP contribution in [-0.2, 0) is 15.3 Å². The molecule has 82 valence electrons. The van der Waals surface area contributed by atoms with Crippen molar-refractivity contribution < 1.29 is 18.0 Å². The van der Waals surface area contributed by atoms with E-state index in [1.54, 1.807) is 0 Å². The van der Waals surface area contributed by atoms with Gasteiger partial charge in [0.25, 0.3) is 0 Å². The first-order valence-corrected chi connectivity index (χ1v) is 5.44. The number of amides is 1. The molecule has 0 aliphatic rings. The van der Waals surface area contributed by atoms with Crippen molar-refractivity contribution in [1.82, 2.24) is 5.48 Å². The highest BCUT2D eigenvalue weighted by atomic mass is 32.2. The Kier molecular flexibility index (Phi) is 8.05. The van der Waals surface area contributed by atoms with E-state index in [1.807, 2.05) is 0 Å². The maximum Gasteiger partial charge on any atom is 0.467 e. The van der Waals surface area contributed by atoms with E-state index in [9.17, 15) is 13.2 Å². The second kappa shape index (κ2) is 8.64. The predicted octanol–water partition coefficient (Wildman–Crippen LogP) is 1.27. The number of rotatable bonds is 6. The average molecular weight is 222 g/mol. The van der Waals surface area contributed by atoms with Crippen molar-refractivity contribution in [3.8, 4) is 0 Å². The van der Waals surface area contributed by atoms with Gasteiger partial charge in [0, 0.05) is 6.54 Å². The quantitative estimate of drug-likeness (QED) is 0.540. The number of unbranched alkanes of at least 4 members (excludes halogenated alkanes) is 3. The molecule has 1 N–H and O–H groups in total. The van der Waals surface area contributed by atoms with Crippen LogP contribution in [0.5, 0.6) is 0 Å².